The Morgan fingerprint density at radius 3 is 2.35 bits per heavy atom. The molecule has 0 atom stereocenters. The number of ether oxygens (including phenoxy) is 2. The Balaban J connectivity index is 1.58. The first-order valence-corrected chi connectivity index (χ1v) is 10.1. The highest BCUT2D eigenvalue weighted by molar-refractivity contribution is 5.91. The molecule has 162 valence electrons. The second kappa shape index (κ2) is 9.98. The van der Waals surface area contributed by atoms with Crippen LogP contribution in [0.4, 0.5) is 0 Å². The van der Waals surface area contributed by atoms with Crippen molar-refractivity contribution in [1.29, 1.82) is 0 Å². The monoisotopic (exact) mass is 420 g/mol. The number of carbonyl (C=O) groups excluding carboxylic acids is 2. The number of rotatable bonds is 8. The minimum atomic E-state index is -0.180. The molecule has 0 aliphatic heterocycles. The van der Waals surface area contributed by atoms with Crippen LogP contribution in [0.25, 0.3) is 10.8 Å². The Labute approximate surface area is 182 Å². The van der Waals surface area contributed by atoms with E-state index in [4.69, 9.17) is 9.47 Å². The second-order valence-corrected chi connectivity index (χ2v) is 7.48. The number of benzene rings is 3. The number of nitrogens with zero attached hydrogens (tertiary/aromatic N) is 1. The van der Waals surface area contributed by atoms with Gasteiger partial charge in [-0.2, -0.15) is 0 Å². The summed E-state index contributed by atoms with van der Waals surface area (Å²) in [5, 5.41) is 4.88. The molecule has 1 N–H and O–H groups in total. The van der Waals surface area contributed by atoms with Gasteiger partial charge in [0.1, 0.15) is 0 Å². The van der Waals surface area contributed by atoms with Crippen LogP contribution in [0.3, 0.4) is 0 Å². The molecule has 31 heavy (non-hydrogen) atoms. The molecule has 0 saturated heterocycles. The minimum Gasteiger partial charge on any atom is -0.493 e. The Hall–Kier alpha value is -3.54. The Morgan fingerprint density at radius 2 is 1.61 bits per heavy atom. The SMILES string of the molecule is COc1cc(C)c(CN(C)C(=O)CNC(=O)Cc2cccc3ccccc23)cc1OC. The fourth-order valence-electron chi connectivity index (χ4n) is 3.53. The summed E-state index contributed by atoms with van der Waals surface area (Å²) in [6.45, 7) is 2.32. The highest BCUT2D eigenvalue weighted by atomic mass is 16.5. The van der Waals surface area contributed by atoms with Crippen LogP contribution in [0.15, 0.2) is 54.6 Å². The van der Waals surface area contributed by atoms with Gasteiger partial charge in [-0.3, -0.25) is 9.59 Å². The van der Waals surface area contributed by atoms with E-state index in [-0.39, 0.29) is 24.8 Å². The summed E-state index contributed by atoms with van der Waals surface area (Å²) >= 11 is 0. The van der Waals surface area contributed by atoms with Gasteiger partial charge in [-0.05, 0) is 46.5 Å². The standard InChI is InChI=1S/C25H28N2O4/c1-17-12-22(30-3)23(31-4)13-20(17)16-27(2)25(29)15-26-24(28)14-19-10-7-9-18-8-5-6-11-21(18)19/h5-13H,14-16H2,1-4H3,(H,26,28). The number of nitrogens with one attached hydrogen (secondary N) is 1. The molecule has 6 heteroatoms. The molecule has 0 radical (unpaired) electrons. The van der Waals surface area contributed by atoms with Gasteiger partial charge in [0.05, 0.1) is 27.2 Å². The van der Waals surface area contributed by atoms with E-state index in [1.807, 2.05) is 61.5 Å². The summed E-state index contributed by atoms with van der Waals surface area (Å²) in [4.78, 5) is 26.6. The maximum Gasteiger partial charge on any atom is 0.242 e. The van der Waals surface area contributed by atoms with Crippen LogP contribution < -0.4 is 14.8 Å². The molecule has 0 heterocycles. The Kier molecular flexibility index (Phi) is 7.13. The summed E-state index contributed by atoms with van der Waals surface area (Å²) in [6, 6.07) is 17.6. The zero-order chi connectivity index (χ0) is 22.4. The molecule has 2 amide bonds. The summed E-state index contributed by atoms with van der Waals surface area (Å²) < 4.78 is 10.7. The van der Waals surface area contributed by atoms with Crippen molar-refractivity contribution in [2.24, 2.45) is 0 Å². The van der Waals surface area contributed by atoms with Crippen LogP contribution in [0, 0.1) is 6.92 Å². The Morgan fingerprint density at radius 1 is 0.935 bits per heavy atom. The highest BCUT2D eigenvalue weighted by Gasteiger charge is 2.15. The van der Waals surface area contributed by atoms with E-state index in [9.17, 15) is 9.59 Å². The van der Waals surface area contributed by atoms with E-state index >= 15 is 0 Å². The third kappa shape index (κ3) is 5.34. The quantitative estimate of drug-likeness (QED) is 0.606. The van der Waals surface area contributed by atoms with Crippen molar-refractivity contribution in [3.63, 3.8) is 0 Å². The average molecular weight is 421 g/mol. The number of hydrogen-bond donors (Lipinski definition) is 1. The first-order chi connectivity index (χ1) is 14.9. The molecule has 0 saturated carbocycles. The van der Waals surface area contributed by atoms with Crippen LogP contribution in [0.1, 0.15) is 16.7 Å². The van der Waals surface area contributed by atoms with E-state index < -0.39 is 0 Å². The first kappa shape index (κ1) is 22.2. The number of fused-ring (bicyclic) bond motifs is 1. The van der Waals surface area contributed by atoms with Crippen molar-refractivity contribution in [2.45, 2.75) is 19.9 Å². The van der Waals surface area contributed by atoms with Gasteiger partial charge >= 0.3 is 0 Å². The Bertz CT molecular complexity index is 1090. The summed E-state index contributed by atoms with van der Waals surface area (Å²) in [6.07, 6.45) is 0.229. The topological polar surface area (TPSA) is 67.9 Å². The van der Waals surface area contributed by atoms with Crippen molar-refractivity contribution in [3.05, 3.63) is 71.3 Å². The summed E-state index contributed by atoms with van der Waals surface area (Å²) in [5.41, 5.74) is 2.89. The molecule has 3 rings (SSSR count). The predicted molar refractivity (Wildman–Crippen MR) is 121 cm³/mol. The molecule has 6 nitrogen and oxygen atoms in total. The molecular weight excluding hydrogens is 392 g/mol. The molecule has 0 fully saturated rings. The van der Waals surface area contributed by atoms with Gasteiger partial charge in [0.25, 0.3) is 0 Å². The number of carbonyl (C=O) groups is 2. The first-order valence-electron chi connectivity index (χ1n) is 10.1. The molecule has 3 aromatic carbocycles. The van der Waals surface area contributed by atoms with Crippen LogP contribution in [-0.4, -0.2) is 44.5 Å². The van der Waals surface area contributed by atoms with Gasteiger partial charge in [0.15, 0.2) is 11.5 Å². The summed E-state index contributed by atoms with van der Waals surface area (Å²) in [5.74, 6) is 0.923. The minimum absolute atomic E-state index is 0.0492. The van der Waals surface area contributed by atoms with Crippen molar-refractivity contribution in [1.82, 2.24) is 10.2 Å². The van der Waals surface area contributed by atoms with Crippen LogP contribution in [0.5, 0.6) is 11.5 Å². The van der Waals surface area contributed by atoms with Crippen molar-refractivity contribution in [3.8, 4) is 11.5 Å². The molecule has 0 aliphatic carbocycles. The maximum atomic E-state index is 12.6. The third-order valence-electron chi connectivity index (χ3n) is 5.34. The van der Waals surface area contributed by atoms with E-state index in [0.29, 0.717) is 18.0 Å². The zero-order valence-electron chi connectivity index (χ0n) is 18.4. The number of amides is 2. The van der Waals surface area contributed by atoms with Gasteiger partial charge < -0.3 is 19.7 Å². The van der Waals surface area contributed by atoms with Gasteiger partial charge in [0.2, 0.25) is 11.8 Å². The van der Waals surface area contributed by atoms with Crippen molar-refractivity contribution < 1.29 is 19.1 Å². The van der Waals surface area contributed by atoms with Gasteiger partial charge in [-0.25, -0.2) is 0 Å². The lowest BCUT2D eigenvalue weighted by Crippen LogP contribution is -2.38. The lowest BCUT2D eigenvalue weighted by atomic mass is 10.0. The number of aryl methyl sites for hydroxylation is 1. The van der Waals surface area contributed by atoms with E-state index in [1.54, 1.807) is 26.2 Å². The van der Waals surface area contributed by atoms with E-state index in [0.717, 1.165) is 27.5 Å². The maximum absolute atomic E-state index is 12.6. The predicted octanol–water partition coefficient (Wildman–Crippen LogP) is 3.48. The molecule has 0 unspecified atom stereocenters. The van der Waals surface area contributed by atoms with Gasteiger partial charge in [-0.15, -0.1) is 0 Å². The number of hydrogen-bond acceptors (Lipinski definition) is 4. The van der Waals surface area contributed by atoms with Gasteiger partial charge in [0, 0.05) is 13.6 Å². The molecule has 0 bridgehead atoms. The molecule has 0 aromatic heterocycles. The fourth-order valence-corrected chi connectivity index (χ4v) is 3.53. The van der Waals surface area contributed by atoms with E-state index in [1.165, 1.54) is 0 Å². The normalized spacial score (nSPS) is 10.6. The third-order valence-corrected chi connectivity index (χ3v) is 5.34. The largest absolute Gasteiger partial charge is 0.493 e. The molecule has 0 aliphatic rings. The lowest BCUT2D eigenvalue weighted by molar-refractivity contribution is -0.132. The zero-order valence-corrected chi connectivity index (χ0v) is 18.4. The van der Waals surface area contributed by atoms with Crippen molar-refractivity contribution >= 4 is 22.6 Å². The number of likely N-dealkylation sites (N-methyl/N-ethyl adjacent to an activating group) is 1. The smallest absolute Gasteiger partial charge is 0.242 e. The molecule has 0 spiro atoms. The molecular formula is C25H28N2O4. The van der Waals surface area contributed by atoms with Crippen LogP contribution >= 0.6 is 0 Å². The van der Waals surface area contributed by atoms with Crippen LogP contribution in [0.2, 0.25) is 0 Å². The van der Waals surface area contributed by atoms with E-state index in [2.05, 4.69) is 5.32 Å². The lowest BCUT2D eigenvalue weighted by Gasteiger charge is -2.20. The summed E-state index contributed by atoms with van der Waals surface area (Å²) in [7, 11) is 4.89. The van der Waals surface area contributed by atoms with Gasteiger partial charge in [-0.1, -0.05) is 42.5 Å². The van der Waals surface area contributed by atoms with Crippen LogP contribution in [-0.2, 0) is 22.6 Å². The van der Waals surface area contributed by atoms with Crippen molar-refractivity contribution in [2.75, 3.05) is 27.8 Å². The highest BCUT2D eigenvalue weighted by Crippen LogP contribution is 2.30. The second-order valence-electron chi connectivity index (χ2n) is 7.48. The fraction of sp³-hybridized carbons (Fsp3) is 0.280. The molecule has 3 aromatic rings. The average Bonchev–Trinajstić information content (AvgIpc) is 2.78. The number of methoxy groups -OCH3 is 2.